The van der Waals surface area contributed by atoms with Crippen molar-refractivity contribution in [3.8, 4) is 0 Å². The predicted molar refractivity (Wildman–Crippen MR) is 77.8 cm³/mol. The summed E-state index contributed by atoms with van der Waals surface area (Å²) in [6.45, 7) is 2.89. The third-order valence-corrected chi connectivity index (χ3v) is 3.57. The fourth-order valence-electron chi connectivity index (χ4n) is 2.42. The Bertz CT molecular complexity index is 373. The van der Waals surface area contributed by atoms with E-state index in [1.807, 2.05) is 6.92 Å². The van der Waals surface area contributed by atoms with Gasteiger partial charge >= 0.3 is 12.0 Å². The summed E-state index contributed by atoms with van der Waals surface area (Å²) in [6.07, 6.45) is 3.88. The number of carbonyl (C=O) groups is 3. The Morgan fingerprint density at radius 3 is 2.57 bits per heavy atom. The number of hydrogen-bond donors (Lipinski definition) is 4. The normalized spacial score (nSPS) is 21.4. The smallest absolute Gasteiger partial charge is 0.315 e. The third-order valence-electron chi connectivity index (χ3n) is 3.57. The van der Waals surface area contributed by atoms with Crippen molar-refractivity contribution in [3.05, 3.63) is 0 Å². The van der Waals surface area contributed by atoms with Crippen molar-refractivity contribution in [1.29, 1.82) is 0 Å². The van der Waals surface area contributed by atoms with Gasteiger partial charge in [0, 0.05) is 25.6 Å². The fourth-order valence-corrected chi connectivity index (χ4v) is 2.42. The van der Waals surface area contributed by atoms with E-state index in [4.69, 9.17) is 5.11 Å². The number of aliphatic carboxylic acids is 1. The zero-order valence-corrected chi connectivity index (χ0v) is 12.5. The van der Waals surface area contributed by atoms with Gasteiger partial charge in [0.1, 0.15) is 0 Å². The van der Waals surface area contributed by atoms with Gasteiger partial charge in [0.15, 0.2) is 0 Å². The lowest BCUT2D eigenvalue weighted by molar-refractivity contribution is -0.143. The van der Waals surface area contributed by atoms with Crippen molar-refractivity contribution in [2.45, 2.75) is 51.5 Å². The molecule has 0 radical (unpaired) electrons. The molecule has 1 aliphatic rings. The lowest BCUT2D eigenvalue weighted by Gasteiger charge is -2.27. The van der Waals surface area contributed by atoms with Gasteiger partial charge in [-0.1, -0.05) is 13.3 Å². The van der Waals surface area contributed by atoms with E-state index in [9.17, 15) is 14.4 Å². The van der Waals surface area contributed by atoms with Gasteiger partial charge in [-0.15, -0.1) is 0 Å². The summed E-state index contributed by atoms with van der Waals surface area (Å²) in [5.41, 5.74) is 0. The van der Waals surface area contributed by atoms with Gasteiger partial charge in [0.2, 0.25) is 5.91 Å². The van der Waals surface area contributed by atoms with Crippen molar-refractivity contribution in [2.24, 2.45) is 5.92 Å². The van der Waals surface area contributed by atoms with Gasteiger partial charge in [-0.05, 0) is 25.7 Å². The third kappa shape index (κ3) is 6.97. The molecular weight excluding hydrogens is 274 g/mol. The first-order chi connectivity index (χ1) is 10.0. The molecule has 0 aromatic rings. The van der Waals surface area contributed by atoms with E-state index in [1.165, 1.54) is 0 Å². The van der Waals surface area contributed by atoms with E-state index < -0.39 is 5.97 Å². The quantitative estimate of drug-likeness (QED) is 0.559. The highest BCUT2D eigenvalue weighted by atomic mass is 16.4. The molecule has 2 unspecified atom stereocenters. The van der Waals surface area contributed by atoms with Gasteiger partial charge in [-0.25, -0.2) is 4.79 Å². The molecule has 1 fully saturated rings. The van der Waals surface area contributed by atoms with E-state index in [2.05, 4.69) is 16.0 Å². The lowest BCUT2D eigenvalue weighted by Crippen LogP contribution is -2.45. The SMILES string of the molecule is CCCNC(=O)CCNC(=O)NC1CCCC(C(=O)O)C1. The maximum atomic E-state index is 11.7. The van der Waals surface area contributed by atoms with Crippen LogP contribution in [0.3, 0.4) is 0 Å². The summed E-state index contributed by atoms with van der Waals surface area (Å²) in [4.78, 5) is 34.0. The highest BCUT2D eigenvalue weighted by molar-refractivity contribution is 5.78. The minimum atomic E-state index is -0.797. The van der Waals surface area contributed by atoms with Crippen LogP contribution in [0.4, 0.5) is 4.79 Å². The standard InChI is InChI=1S/C14H25N3O4/c1-2-7-15-12(18)6-8-16-14(21)17-11-5-3-4-10(9-11)13(19)20/h10-11H,2-9H2,1H3,(H,15,18)(H,19,20)(H2,16,17,21). The van der Waals surface area contributed by atoms with E-state index in [0.717, 1.165) is 19.3 Å². The summed E-state index contributed by atoms with van der Waals surface area (Å²) >= 11 is 0. The van der Waals surface area contributed by atoms with E-state index in [-0.39, 0.29) is 36.9 Å². The largest absolute Gasteiger partial charge is 0.481 e. The van der Waals surface area contributed by atoms with Crippen LogP contribution in [0.25, 0.3) is 0 Å². The minimum absolute atomic E-state index is 0.0826. The molecule has 1 rings (SSSR count). The molecule has 0 aromatic carbocycles. The van der Waals surface area contributed by atoms with Crippen molar-refractivity contribution in [1.82, 2.24) is 16.0 Å². The first-order valence-corrected chi connectivity index (χ1v) is 7.56. The van der Waals surface area contributed by atoms with Gasteiger partial charge < -0.3 is 21.1 Å². The van der Waals surface area contributed by atoms with Crippen molar-refractivity contribution < 1.29 is 19.5 Å². The number of hydrogen-bond acceptors (Lipinski definition) is 3. The van der Waals surface area contributed by atoms with Gasteiger partial charge in [0.25, 0.3) is 0 Å². The van der Waals surface area contributed by atoms with Crippen molar-refractivity contribution >= 4 is 17.9 Å². The number of nitrogens with one attached hydrogen (secondary N) is 3. The fraction of sp³-hybridized carbons (Fsp3) is 0.786. The summed E-state index contributed by atoms with van der Waals surface area (Å²) in [7, 11) is 0. The zero-order valence-electron chi connectivity index (χ0n) is 12.5. The second-order valence-electron chi connectivity index (χ2n) is 5.40. The first-order valence-electron chi connectivity index (χ1n) is 7.56. The number of urea groups is 1. The predicted octanol–water partition coefficient (Wildman–Crippen LogP) is 0.845. The molecule has 0 heterocycles. The Balaban J connectivity index is 2.18. The molecule has 120 valence electrons. The van der Waals surface area contributed by atoms with Crippen LogP contribution in [-0.4, -0.2) is 42.1 Å². The molecule has 21 heavy (non-hydrogen) atoms. The molecule has 0 saturated heterocycles. The van der Waals surface area contributed by atoms with Crippen LogP contribution in [0.15, 0.2) is 0 Å². The summed E-state index contributed by atoms with van der Waals surface area (Å²) in [6, 6.07) is -0.442. The highest BCUT2D eigenvalue weighted by Crippen LogP contribution is 2.24. The van der Waals surface area contributed by atoms with Gasteiger partial charge in [-0.2, -0.15) is 0 Å². The number of carbonyl (C=O) groups excluding carboxylic acids is 2. The molecule has 0 aliphatic heterocycles. The molecule has 3 amide bonds. The van der Waals surface area contributed by atoms with Crippen LogP contribution in [0.5, 0.6) is 0 Å². The van der Waals surface area contributed by atoms with E-state index >= 15 is 0 Å². The molecule has 7 heteroatoms. The number of rotatable bonds is 7. The van der Waals surface area contributed by atoms with Crippen LogP contribution < -0.4 is 16.0 Å². The maximum Gasteiger partial charge on any atom is 0.315 e. The average molecular weight is 299 g/mol. The maximum absolute atomic E-state index is 11.7. The Hall–Kier alpha value is -1.79. The summed E-state index contributed by atoms with van der Waals surface area (Å²) in [5, 5.41) is 17.1. The van der Waals surface area contributed by atoms with Crippen molar-refractivity contribution in [2.75, 3.05) is 13.1 Å². The van der Waals surface area contributed by atoms with Crippen LogP contribution in [0.2, 0.25) is 0 Å². The van der Waals surface area contributed by atoms with Gasteiger partial charge in [-0.3, -0.25) is 9.59 Å². The Morgan fingerprint density at radius 1 is 1.14 bits per heavy atom. The molecule has 4 N–H and O–H groups in total. The Morgan fingerprint density at radius 2 is 1.90 bits per heavy atom. The molecule has 1 aliphatic carbocycles. The van der Waals surface area contributed by atoms with Crippen LogP contribution in [0.1, 0.15) is 45.4 Å². The zero-order chi connectivity index (χ0) is 15.7. The summed E-state index contributed by atoms with van der Waals surface area (Å²) in [5.74, 6) is -1.25. The van der Waals surface area contributed by atoms with E-state index in [1.54, 1.807) is 0 Å². The number of carboxylic acid groups (broad SMARTS) is 1. The van der Waals surface area contributed by atoms with Crippen LogP contribution in [0, 0.1) is 5.92 Å². The van der Waals surface area contributed by atoms with Crippen LogP contribution >= 0.6 is 0 Å². The molecule has 0 spiro atoms. The number of amides is 3. The molecule has 0 bridgehead atoms. The highest BCUT2D eigenvalue weighted by Gasteiger charge is 2.27. The molecule has 1 saturated carbocycles. The van der Waals surface area contributed by atoms with E-state index in [0.29, 0.717) is 19.4 Å². The Labute approximate surface area is 124 Å². The minimum Gasteiger partial charge on any atom is -0.481 e. The molecular formula is C14H25N3O4. The second-order valence-corrected chi connectivity index (χ2v) is 5.40. The first kappa shape index (κ1) is 17.3. The lowest BCUT2D eigenvalue weighted by atomic mass is 9.86. The van der Waals surface area contributed by atoms with Crippen LogP contribution in [-0.2, 0) is 9.59 Å². The Kier molecular flexibility index (Phi) is 7.56. The topological polar surface area (TPSA) is 108 Å². The van der Waals surface area contributed by atoms with Crippen molar-refractivity contribution in [3.63, 3.8) is 0 Å². The molecule has 0 aromatic heterocycles. The monoisotopic (exact) mass is 299 g/mol. The summed E-state index contributed by atoms with van der Waals surface area (Å²) < 4.78 is 0. The molecule has 7 nitrogen and oxygen atoms in total. The second kappa shape index (κ2) is 9.20. The van der Waals surface area contributed by atoms with Gasteiger partial charge in [0.05, 0.1) is 5.92 Å². The molecule has 2 atom stereocenters. The average Bonchev–Trinajstić information content (AvgIpc) is 2.45. The number of carboxylic acids is 1.